The molecule has 0 heterocycles. The molecule has 0 bridgehead atoms. The summed E-state index contributed by atoms with van der Waals surface area (Å²) in [6.45, 7) is 12.7. The first-order valence-corrected chi connectivity index (χ1v) is 8.25. The third-order valence-electron chi connectivity index (χ3n) is 3.47. The molecule has 0 spiro atoms. The molecule has 0 saturated carbocycles. The third-order valence-corrected chi connectivity index (χ3v) is 3.47. The van der Waals surface area contributed by atoms with Crippen molar-refractivity contribution in [2.75, 3.05) is 27.2 Å². The lowest BCUT2D eigenvalue weighted by atomic mass is 9.91. The molecule has 20 heavy (non-hydrogen) atoms. The zero-order chi connectivity index (χ0) is 15.8. The van der Waals surface area contributed by atoms with Crippen molar-refractivity contribution in [1.29, 1.82) is 0 Å². The molecule has 0 aliphatic heterocycles. The largest absolute Gasteiger partial charge is 0.633 e. The van der Waals surface area contributed by atoms with Crippen LogP contribution in [0.4, 0.5) is 0 Å². The van der Waals surface area contributed by atoms with E-state index in [1.54, 1.807) is 14.1 Å². The van der Waals surface area contributed by atoms with Crippen LogP contribution in [0.1, 0.15) is 60.3 Å². The van der Waals surface area contributed by atoms with Crippen LogP contribution in [0.2, 0.25) is 0 Å². The zero-order valence-corrected chi connectivity index (χ0v) is 14.8. The van der Waals surface area contributed by atoms with Gasteiger partial charge in [0.15, 0.2) is 0 Å². The van der Waals surface area contributed by atoms with E-state index in [-0.39, 0.29) is 4.65 Å². The highest BCUT2D eigenvalue weighted by Crippen LogP contribution is 2.22. The fraction of sp³-hybridized carbons (Fsp3) is 1.00. The molecule has 3 nitrogen and oxygen atoms in total. The normalized spacial score (nSPS) is 15.9. The smallest absolute Gasteiger partial charge is 0.0802 e. The highest BCUT2D eigenvalue weighted by atomic mass is 16.5. The molecule has 0 aliphatic carbocycles. The minimum Gasteiger partial charge on any atom is -0.633 e. The Kier molecular flexibility index (Phi) is 9.69. The van der Waals surface area contributed by atoms with Gasteiger partial charge in [-0.05, 0) is 37.0 Å². The maximum absolute atomic E-state index is 11.5. The molecule has 0 aliphatic rings. The Hall–Kier alpha value is -0.120. The van der Waals surface area contributed by atoms with Gasteiger partial charge in [0.1, 0.15) is 0 Å². The summed E-state index contributed by atoms with van der Waals surface area (Å²) in [5.41, 5.74) is 0. The Morgan fingerprint density at radius 3 is 1.90 bits per heavy atom. The molecule has 0 N–H and O–H groups in total. The van der Waals surface area contributed by atoms with Crippen molar-refractivity contribution in [1.82, 2.24) is 0 Å². The molecule has 0 aromatic heterocycles. The Morgan fingerprint density at radius 1 is 0.900 bits per heavy atom. The number of hydrogen-bond donors (Lipinski definition) is 0. The molecular formula is C17H37NO2. The molecule has 2 atom stereocenters. The van der Waals surface area contributed by atoms with Crippen LogP contribution >= 0.6 is 0 Å². The van der Waals surface area contributed by atoms with E-state index in [0.717, 1.165) is 31.8 Å². The lowest BCUT2D eigenvalue weighted by Gasteiger charge is -2.34. The Labute approximate surface area is 126 Å². The summed E-state index contributed by atoms with van der Waals surface area (Å²) in [5, 5.41) is 11.5. The van der Waals surface area contributed by atoms with Crippen LogP contribution in [-0.4, -0.2) is 38.0 Å². The predicted octanol–water partition coefficient (Wildman–Crippen LogP) is 4.45. The standard InChI is InChI=1S/C17H37NO2/c1-14(2)11-16(5)13-17(12-15(3)4)20-10-8-9-18(6,7)19/h14-17H,8-13H2,1-7H3. The molecule has 2 unspecified atom stereocenters. The number of hydrogen-bond acceptors (Lipinski definition) is 2. The first kappa shape index (κ1) is 19.9. The Morgan fingerprint density at radius 2 is 1.45 bits per heavy atom. The van der Waals surface area contributed by atoms with Crippen LogP contribution in [0.25, 0.3) is 0 Å². The summed E-state index contributed by atoms with van der Waals surface area (Å²) in [5.74, 6) is 2.13. The minimum atomic E-state index is -0.220. The van der Waals surface area contributed by atoms with Gasteiger partial charge in [0.25, 0.3) is 0 Å². The maximum Gasteiger partial charge on any atom is 0.0802 e. The molecule has 3 heteroatoms. The molecule has 0 aromatic carbocycles. The van der Waals surface area contributed by atoms with E-state index in [2.05, 4.69) is 34.6 Å². The summed E-state index contributed by atoms with van der Waals surface area (Å²) in [4.78, 5) is 0. The molecule has 0 fully saturated rings. The molecule has 0 radical (unpaired) electrons. The lowest BCUT2D eigenvalue weighted by Crippen LogP contribution is -2.34. The number of quaternary nitrogens is 1. The second-order valence-electron chi connectivity index (χ2n) is 7.74. The van der Waals surface area contributed by atoms with Crippen LogP contribution in [0.15, 0.2) is 0 Å². The van der Waals surface area contributed by atoms with Gasteiger partial charge in [-0.2, -0.15) is 0 Å². The second-order valence-corrected chi connectivity index (χ2v) is 7.74. The van der Waals surface area contributed by atoms with Crippen LogP contribution in [0, 0.1) is 23.0 Å². The van der Waals surface area contributed by atoms with E-state index >= 15 is 0 Å². The maximum atomic E-state index is 11.5. The summed E-state index contributed by atoms with van der Waals surface area (Å²) in [7, 11) is 3.38. The quantitative estimate of drug-likeness (QED) is 0.319. The predicted molar refractivity (Wildman–Crippen MR) is 87.4 cm³/mol. The summed E-state index contributed by atoms with van der Waals surface area (Å²) in [6, 6.07) is 0. The van der Waals surface area contributed by atoms with Gasteiger partial charge >= 0.3 is 0 Å². The van der Waals surface area contributed by atoms with E-state index in [9.17, 15) is 5.21 Å². The summed E-state index contributed by atoms with van der Waals surface area (Å²) < 4.78 is 5.83. The van der Waals surface area contributed by atoms with Crippen LogP contribution in [0.3, 0.4) is 0 Å². The fourth-order valence-corrected chi connectivity index (χ4v) is 2.80. The average Bonchev–Trinajstić information content (AvgIpc) is 2.20. The summed E-state index contributed by atoms with van der Waals surface area (Å²) >= 11 is 0. The molecule has 0 saturated heterocycles. The third kappa shape index (κ3) is 12.9. The van der Waals surface area contributed by atoms with Crippen molar-refractivity contribution in [2.45, 2.75) is 66.4 Å². The number of hydroxylamine groups is 3. The van der Waals surface area contributed by atoms with Gasteiger partial charge in [-0.15, -0.1) is 0 Å². The highest BCUT2D eigenvalue weighted by Gasteiger charge is 2.16. The number of rotatable bonds is 11. The zero-order valence-electron chi connectivity index (χ0n) is 14.8. The fourth-order valence-electron chi connectivity index (χ4n) is 2.80. The number of ether oxygens (including phenoxy) is 1. The van der Waals surface area contributed by atoms with Crippen molar-refractivity contribution in [3.63, 3.8) is 0 Å². The SMILES string of the molecule is CC(C)CC(C)CC(CC(C)C)OCCC[N+](C)(C)[O-]. The van der Waals surface area contributed by atoms with Gasteiger partial charge in [0.2, 0.25) is 0 Å². The van der Waals surface area contributed by atoms with E-state index in [4.69, 9.17) is 4.74 Å². The van der Waals surface area contributed by atoms with Crippen molar-refractivity contribution in [3.8, 4) is 0 Å². The van der Waals surface area contributed by atoms with E-state index < -0.39 is 0 Å². The van der Waals surface area contributed by atoms with E-state index in [1.165, 1.54) is 6.42 Å². The van der Waals surface area contributed by atoms with E-state index in [0.29, 0.717) is 24.5 Å². The van der Waals surface area contributed by atoms with Crippen molar-refractivity contribution >= 4 is 0 Å². The first-order chi connectivity index (χ1) is 9.10. The van der Waals surface area contributed by atoms with Gasteiger partial charge < -0.3 is 14.6 Å². The van der Waals surface area contributed by atoms with E-state index in [1.807, 2.05) is 0 Å². The average molecular weight is 287 g/mol. The minimum absolute atomic E-state index is 0.220. The molecule has 0 amide bonds. The Balaban J connectivity index is 4.08. The molecule has 0 aromatic rings. The lowest BCUT2D eigenvalue weighted by molar-refractivity contribution is -0.840. The van der Waals surface area contributed by atoms with Crippen molar-refractivity contribution in [2.24, 2.45) is 17.8 Å². The van der Waals surface area contributed by atoms with Gasteiger partial charge in [0.05, 0.1) is 33.4 Å². The monoisotopic (exact) mass is 287 g/mol. The van der Waals surface area contributed by atoms with Crippen LogP contribution in [0.5, 0.6) is 0 Å². The van der Waals surface area contributed by atoms with Crippen molar-refractivity contribution in [3.05, 3.63) is 5.21 Å². The van der Waals surface area contributed by atoms with Crippen molar-refractivity contribution < 1.29 is 9.38 Å². The Bertz CT molecular complexity index is 234. The second kappa shape index (κ2) is 9.75. The number of nitrogens with zero attached hydrogens (tertiary/aromatic N) is 1. The van der Waals surface area contributed by atoms with Crippen LogP contribution < -0.4 is 0 Å². The molecule has 0 rings (SSSR count). The molecule has 122 valence electrons. The van der Waals surface area contributed by atoms with Gasteiger partial charge in [-0.1, -0.05) is 34.6 Å². The van der Waals surface area contributed by atoms with Crippen LogP contribution in [-0.2, 0) is 4.74 Å². The molecular weight excluding hydrogens is 250 g/mol. The van der Waals surface area contributed by atoms with Gasteiger partial charge in [-0.25, -0.2) is 0 Å². The van der Waals surface area contributed by atoms with Gasteiger partial charge in [-0.3, -0.25) is 0 Å². The topological polar surface area (TPSA) is 32.3 Å². The first-order valence-electron chi connectivity index (χ1n) is 8.25. The summed E-state index contributed by atoms with van der Waals surface area (Å²) in [6.07, 6.45) is 4.74. The highest BCUT2D eigenvalue weighted by molar-refractivity contribution is 4.67. The van der Waals surface area contributed by atoms with Gasteiger partial charge in [0, 0.05) is 6.42 Å².